The highest BCUT2D eigenvalue weighted by molar-refractivity contribution is 5.95. The monoisotopic (exact) mass is 315 g/mol. The van der Waals surface area contributed by atoms with E-state index in [1.807, 2.05) is 45.9 Å². The Morgan fingerprint density at radius 2 is 1.35 bits per heavy atom. The number of amides is 3. The van der Waals surface area contributed by atoms with E-state index in [9.17, 15) is 9.59 Å². The highest BCUT2D eigenvalue weighted by Crippen LogP contribution is 2.15. The Balaban J connectivity index is 1.57. The quantitative estimate of drug-likeness (QED) is 0.798. The molecule has 2 fully saturated rings. The Labute approximate surface area is 137 Å². The normalized spacial score (nSPS) is 18.9. The summed E-state index contributed by atoms with van der Waals surface area (Å²) >= 11 is 0. The van der Waals surface area contributed by atoms with E-state index >= 15 is 0 Å². The topological polar surface area (TPSA) is 43.9 Å². The van der Waals surface area contributed by atoms with Crippen LogP contribution in [0.25, 0.3) is 0 Å². The molecule has 0 unspecified atom stereocenters. The van der Waals surface area contributed by atoms with Crippen molar-refractivity contribution in [2.45, 2.75) is 26.2 Å². The number of benzene rings is 1. The molecule has 23 heavy (non-hydrogen) atoms. The largest absolute Gasteiger partial charge is 0.335 e. The van der Waals surface area contributed by atoms with Gasteiger partial charge in [-0.1, -0.05) is 18.2 Å². The number of likely N-dealkylation sites (tertiary alicyclic amines) is 1. The summed E-state index contributed by atoms with van der Waals surface area (Å²) in [6, 6.07) is 7.83. The van der Waals surface area contributed by atoms with Gasteiger partial charge in [-0.2, -0.15) is 0 Å². The lowest BCUT2D eigenvalue weighted by Gasteiger charge is -2.38. The van der Waals surface area contributed by atoms with Crippen molar-refractivity contribution < 1.29 is 9.59 Å². The minimum absolute atomic E-state index is 0.0770. The van der Waals surface area contributed by atoms with Crippen molar-refractivity contribution in [2.75, 3.05) is 39.3 Å². The smallest absolute Gasteiger partial charge is 0.320 e. The number of aryl methyl sites for hydroxylation is 1. The predicted octanol–water partition coefficient (Wildman–Crippen LogP) is 2.36. The molecule has 0 N–H and O–H groups in total. The summed E-state index contributed by atoms with van der Waals surface area (Å²) in [4.78, 5) is 30.8. The zero-order valence-electron chi connectivity index (χ0n) is 13.8. The standard InChI is InChI=1S/C18H25N3O2/c1-15-7-3-4-8-16(15)17(22)19-11-13-21(14-12-19)18(23)20-9-5-2-6-10-20/h3-4,7-8H,2,5-6,9-14H2,1H3. The molecule has 3 rings (SSSR count). The van der Waals surface area contributed by atoms with Crippen LogP contribution in [0.1, 0.15) is 35.2 Å². The summed E-state index contributed by atoms with van der Waals surface area (Å²) in [6.07, 6.45) is 3.44. The molecular formula is C18H25N3O2. The van der Waals surface area contributed by atoms with Gasteiger partial charge in [0.2, 0.25) is 0 Å². The highest BCUT2D eigenvalue weighted by Gasteiger charge is 2.28. The fourth-order valence-electron chi connectivity index (χ4n) is 3.37. The first-order valence-corrected chi connectivity index (χ1v) is 8.55. The maximum Gasteiger partial charge on any atom is 0.320 e. The van der Waals surface area contributed by atoms with E-state index in [1.54, 1.807) is 0 Å². The van der Waals surface area contributed by atoms with Crippen LogP contribution in [0.3, 0.4) is 0 Å². The average molecular weight is 315 g/mol. The number of carbonyl (C=O) groups is 2. The Hall–Kier alpha value is -2.04. The molecule has 124 valence electrons. The molecule has 0 bridgehead atoms. The first-order chi connectivity index (χ1) is 11.2. The van der Waals surface area contributed by atoms with E-state index in [4.69, 9.17) is 0 Å². The van der Waals surface area contributed by atoms with Crippen LogP contribution < -0.4 is 0 Å². The number of carbonyl (C=O) groups excluding carboxylic acids is 2. The summed E-state index contributed by atoms with van der Waals surface area (Å²) in [5, 5.41) is 0. The van der Waals surface area contributed by atoms with E-state index < -0.39 is 0 Å². The molecule has 0 aliphatic carbocycles. The van der Waals surface area contributed by atoms with Crippen LogP contribution in [0.2, 0.25) is 0 Å². The van der Waals surface area contributed by atoms with Crippen LogP contribution in [0.15, 0.2) is 24.3 Å². The molecule has 0 saturated carbocycles. The SMILES string of the molecule is Cc1ccccc1C(=O)N1CCN(C(=O)N2CCCCC2)CC1. The third-order valence-electron chi connectivity index (χ3n) is 4.84. The van der Waals surface area contributed by atoms with E-state index in [0.29, 0.717) is 26.2 Å². The molecule has 2 heterocycles. The summed E-state index contributed by atoms with van der Waals surface area (Å²) in [5.41, 5.74) is 1.77. The van der Waals surface area contributed by atoms with Crippen molar-refractivity contribution in [3.05, 3.63) is 35.4 Å². The minimum Gasteiger partial charge on any atom is -0.335 e. The predicted molar refractivity (Wildman–Crippen MR) is 89.5 cm³/mol. The van der Waals surface area contributed by atoms with Gasteiger partial charge >= 0.3 is 6.03 Å². The highest BCUT2D eigenvalue weighted by atomic mass is 16.2. The number of hydrogen-bond acceptors (Lipinski definition) is 2. The van der Waals surface area contributed by atoms with Crippen molar-refractivity contribution >= 4 is 11.9 Å². The minimum atomic E-state index is 0.0770. The van der Waals surface area contributed by atoms with E-state index in [0.717, 1.165) is 37.1 Å². The molecular weight excluding hydrogens is 290 g/mol. The van der Waals surface area contributed by atoms with Crippen molar-refractivity contribution in [3.8, 4) is 0 Å². The first-order valence-electron chi connectivity index (χ1n) is 8.55. The molecule has 2 aliphatic rings. The lowest BCUT2D eigenvalue weighted by molar-refractivity contribution is 0.0632. The Morgan fingerprint density at radius 1 is 0.783 bits per heavy atom. The molecule has 0 atom stereocenters. The zero-order valence-corrected chi connectivity index (χ0v) is 13.8. The van der Waals surface area contributed by atoms with E-state index in [1.165, 1.54) is 6.42 Å². The Morgan fingerprint density at radius 3 is 2.00 bits per heavy atom. The second-order valence-electron chi connectivity index (χ2n) is 6.42. The van der Waals surface area contributed by atoms with Gasteiger partial charge in [0.05, 0.1) is 0 Å². The summed E-state index contributed by atoms with van der Waals surface area (Å²) in [5.74, 6) is 0.0770. The van der Waals surface area contributed by atoms with Gasteiger partial charge in [0, 0.05) is 44.8 Å². The molecule has 2 aliphatic heterocycles. The van der Waals surface area contributed by atoms with Crippen LogP contribution in [-0.4, -0.2) is 65.9 Å². The van der Waals surface area contributed by atoms with E-state index in [-0.39, 0.29) is 11.9 Å². The molecule has 0 aromatic heterocycles. The summed E-state index contributed by atoms with van der Waals surface area (Å²) in [7, 11) is 0. The lowest BCUT2D eigenvalue weighted by atomic mass is 10.1. The van der Waals surface area contributed by atoms with Crippen molar-refractivity contribution in [3.63, 3.8) is 0 Å². The number of urea groups is 1. The first kappa shape index (κ1) is 15.8. The Kier molecular flexibility index (Phi) is 4.84. The summed E-state index contributed by atoms with van der Waals surface area (Å²) < 4.78 is 0. The number of nitrogens with zero attached hydrogens (tertiary/aromatic N) is 3. The van der Waals surface area contributed by atoms with Gasteiger partial charge in [0.15, 0.2) is 0 Å². The third kappa shape index (κ3) is 3.49. The van der Waals surface area contributed by atoms with Crippen LogP contribution in [0.5, 0.6) is 0 Å². The molecule has 1 aromatic rings. The molecule has 3 amide bonds. The van der Waals surface area contributed by atoms with Crippen LogP contribution in [0.4, 0.5) is 4.79 Å². The molecule has 5 nitrogen and oxygen atoms in total. The van der Waals surface area contributed by atoms with Crippen LogP contribution in [-0.2, 0) is 0 Å². The number of hydrogen-bond donors (Lipinski definition) is 0. The van der Waals surface area contributed by atoms with Gasteiger partial charge in [0.25, 0.3) is 5.91 Å². The lowest BCUT2D eigenvalue weighted by Crippen LogP contribution is -2.54. The van der Waals surface area contributed by atoms with E-state index in [2.05, 4.69) is 0 Å². The molecule has 0 spiro atoms. The Bertz CT molecular complexity index is 573. The second-order valence-corrected chi connectivity index (χ2v) is 6.42. The van der Waals surface area contributed by atoms with Gasteiger partial charge in [0.1, 0.15) is 0 Å². The van der Waals surface area contributed by atoms with Crippen LogP contribution >= 0.6 is 0 Å². The average Bonchev–Trinajstić information content (AvgIpc) is 2.62. The maximum atomic E-state index is 12.6. The number of rotatable bonds is 1. The second kappa shape index (κ2) is 7.02. The van der Waals surface area contributed by atoms with Gasteiger partial charge < -0.3 is 14.7 Å². The summed E-state index contributed by atoms with van der Waals surface area (Å²) in [6.45, 7) is 6.21. The van der Waals surface area contributed by atoms with Gasteiger partial charge in [-0.05, 0) is 37.8 Å². The molecule has 2 saturated heterocycles. The fraction of sp³-hybridized carbons (Fsp3) is 0.556. The van der Waals surface area contributed by atoms with Crippen molar-refractivity contribution in [1.82, 2.24) is 14.7 Å². The number of piperazine rings is 1. The molecule has 5 heteroatoms. The van der Waals surface area contributed by atoms with Crippen molar-refractivity contribution in [2.24, 2.45) is 0 Å². The van der Waals surface area contributed by atoms with Crippen LogP contribution in [0, 0.1) is 6.92 Å². The molecule has 0 radical (unpaired) electrons. The van der Waals surface area contributed by atoms with Crippen molar-refractivity contribution in [1.29, 1.82) is 0 Å². The maximum absolute atomic E-state index is 12.6. The fourth-order valence-corrected chi connectivity index (χ4v) is 3.37. The van der Waals surface area contributed by atoms with Gasteiger partial charge in [-0.3, -0.25) is 4.79 Å². The number of piperidine rings is 1. The molecule has 1 aromatic carbocycles. The zero-order chi connectivity index (χ0) is 16.2. The van der Waals surface area contributed by atoms with Gasteiger partial charge in [-0.15, -0.1) is 0 Å². The van der Waals surface area contributed by atoms with Gasteiger partial charge in [-0.25, -0.2) is 4.79 Å². The third-order valence-corrected chi connectivity index (χ3v) is 4.84.